The van der Waals surface area contributed by atoms with Gasteiger partial charge in [-0.1, -0.05) is 12.0 Å². The summed E-state index contributed by atoms with van der Waals surface area (Å²) in [5.74, 6) is 3.57. The molecule has 3 heteroatoms. The molecule has 0 radical (unpaired) electrons. The molecule has 0 bridgehead atoms. The lowest BCUT2D eigenvalue weighted by Gasteiger charge is -2.09. The summed E-state index contributed by atoms with van der Waals surface area (Å²) < 4.78 is 10.4. The maximum atomic E-state index is 8.55. The second kappa shape index (κ2) is 5.57. The Labute approximate surface area is 89.2 Å². The van der Waals surface area contributed by atoms with Crippen LogP contribution in [0.3, 0.4) is 0 Å². The quantitative estimate of drug-likeness (QED) is 0.697. The van der Waals surface area contributed by atoms with Gasteiger partial charge in [-0.3, -0.25) is 0 Å². The Kier molecular flexibility index (Phi) is 4.06. The number of rotatable bonds is 4. The first kappa shape index (κ1) is 10.9. The standard InChI is InChI=1S/C12H11NO2/c1-3-8-15-11-5-4-10(6-7-13)9-12(11)14-2/h1,4-5,9H,6,8H2,2H3. The SMILES string of the molecule is C#CCOc1ccc(CC#N)cc1OC. The molecule has 1 aromatic carbocycles. The minimum absolute atomic E-state index is 0.202. The molecule has 0 amide bonds. The Bertz CT molecular complexity index is 413. The summed E-state index contributed by atoms with van der Waals surface area (Å²) in [5.41, 5.74) is 0.891. The number of benzene rings is 1. The number of hydrogen-bond donors (Lipinski definition) is 0. The van der Waals surface area contributed by atoms with Crippen LogP contribution in [0.1, 0.15) is 5.56 Å². The third-order valence-electron chi connectivity index (χ3n) is 1.82. The number of nitrogens with zero attached hydrogens (tertiary/aromatic N) is 1. The van der Waals surface area contributed by atoms with Gasteiger partial charge in [-0.05, 0) is 17.7 Å². The van der Waals surface area contributed by atoms with Crippen molar-refractivity contribution in [3.8, 4) is 29.9 Å². The van der Waals surface area contributed by atoms with Crippen molar-refractivity contribution in [3.63, 3.8) is 0 Å². The lowest BCUT2D eigenvalue weighted by molar-refractivity contribution is 0.331. The second-order valence-electron chi connectivity index (χ2n) is 2.81. The van der Waals surface area contributed by atoms with Gasteiger partial charge >= 0.3 is 0 Å². The summed E-state index contributed by atoms with van der Waals surface area (Å²) in [6.45, 7) is 0.202. The minimum atomic E-state index is 0.202. The van der Waals surface area contributed by atoms with Gasteiger partial charge in [0.25, 0.3) is 0 Å². The zero-order valence-corrected chi connectivity index (χ0v) is 8.49. The molecule has 1 aromatic rings. The van der Waals surface area contributed by atoms with Crippen LogP contribution in [0.4, 0.5) is 0 Å². The lowest BCUT2D eigenvalue weighted by Crippen LogP contribution is -1.97. The smallest absolute Gasteiger partial charge is 0.162 e. The number of hydrogen-bond acceptors (Lipinski definition) is 3. The third-order valence-corrected chi connectivity index (χ3v) is 1.82. The Morgan fingerprint density at radius 2 is 2.20 bits per heavy atom. The van der Waals surface area contributed by atoms with Crippen LogP contribution in [0.2, 0.25) is 0 Å². The maximum Gasteiger partial charge on any atom is 0.162 e. The molecule has 0 saturated carbocycles. The number of nitriles is 1. The summed E-state index contributed by atoms with van der Waals surface area (Å²) >= 11 is 0. The summed E-state index contributed by atoms with van der Waals surface area (Å²) in [6, 6.07) is 7.41. The van der Waals surface area contributed by atoms with Crippen LogP contribution in [0.25, 0.3) is 0 Å². The van der Waals surface area contributed by atoms with Crippen molar-refractivity contribution in [3.05, 3.63) is 23.8 Å². The van der Waals surface area contributed by atoms with Gasteiger partial charge < -0.3 is 9.47 Å². The van der Waals surface area contributed by atoms with Gasteiger partial charge in [-0.15, -0.1) is 6.42 Å². The molecule has 1 rings (SSSR count). The van der Waals surface area contributed by atoms with Crippen molar-refractivity contribution in [1.29, 1.82) is 5.26 Å². The Morgan fingerprint density at radius 3 is 2.80 bits per heavy atom. The first-order chi connectivity index (χ1) is 7.31. The van der Waals surface area contributed by atoms with Gasteiger partial charge in [0.05, 0.1) is 19.6 Å². The predicted molar refractivity (Wildman–Crippen MR) is 56.6 cm³/mol. The zero-order chi connectivity index (χ0) is 11.1. The molecular formula is C12H11NO2. The Morgan fingerprint density at radius 1 is 1.40 bits per heavy atom. The third kappa shape index (κ3) is 2.93. The summed E-state index contributed by atoms with van der Waals surface area (Å²) in [5, 5.41) is 8.55. The first-order valence-electron chi connectivity index (χ1n) is 4.42. The van der Waals surface area contributed by atoms with Crippen LogP contribution in [0, 0.1) is 23.7 Å². The van der Waals surface area contributed by atoms with E-state index in [2.05, 4.69) is 12.0 Å². The molecule has 0 spiro atoms. The molecule has 0 aliphatic heterocycles. The van der Waals surface area contributed by atoms with Crippen molar-refractivity contribution in [2.75, 3.05) is 13.7 Å². The number of methoxy groups -OCH3 is 1. The van der Waals surface area contributed by atoms with Gasteiger partial charge in [-0.25, -0.2) is 0 Å². The van der Waals surface area contributed by atoms with Crippen LogP contribution >= 0.6 is 0 Å². The van der Waals surface area contributed by atoms with Crippen molar-refractivity contribution >= 4 is 0 Å². The highest BCUT2D eigenvalue weighted by Crippen LogP contribution is 2.27. The van der Waals surface area contributed by atoms with Crippen LogP contribution in [-0.2, 0) is 6.42 Å². The topological polar surface area (TPSA) is 42.2 Å². The van der Waals surface area contributed by atoms with Crippen LogP contribution < -0.4 is 9.47 Å². The first-order valence-corrected chi connectivity index (χ1v) is 4.42. The molecule has 0 saturated heterocycles. The van der Waals surface area contributed by atoms with E-state index in [1.807, 2.05) is 6.07 Å². The predicted octanol–water partition coefficient (Wildman–Crippen LogP) is 1.77. The van der Waals surface area contributed by atoms with E-state index in [1.54, 1.807) is 19.2 Å². The van der Waals surface area contributed by atoms with E-state index >= 15 is 0 Å². The molecule has 0 aliphatic rings. The van der Waals surface area contributed by atoms with E-state index in [1.165, 1.54) is 0 Å². The molecule has 0 fully saturated rings. The lowest BCUT2D eigenvalue weighted by atomic mass is 10.1. The summed E-state index contributed by atoms with van der Waals surface area (Å²) in [6.07, 6.45) is 5.44. The van der Waals surface area contributed by atoms with E-state index in [0.29, 0.717) is 17.9 Å². The summed E-state index contributed by atoms with van der Waals surface area (Å²) in [7, 11) is 1.55. The van der Waals surface area contributed by atoms with Crippen LogP contribution in [0.15, 0.2) is 18.2 Å². The number of terminal acetylenes is 1. The second-order valence-corrected chi connectivity index (χ2v) is 2.81. The number of ether oxygens (including phenoxy) is 2. The van der Waals surface area contributed by atoms with Gasteiger partial charge in [0, 0.05) is 0 Å². The highest BCUT2D eigenvalue weighted by atomic mass is 16.5. The van der Waals surface area contributed by atoms with E-state index in [9.17, 15) is 0 Å². The Hall–Kier alpha value is -2.13. The largest absolute Gasteiger partial charge is 0.493 e. The van der Waals surface area contributed by atoms with Gasteiger partial charge in [0.15, 0.2) is 11.5 Å². The molecule has 15 heavy (non-hydrogen) atoms. The highest BCUT2D eigenvalue weighted by Gasteiger charge is 2.04. The van der Waals surface area contributed by atoms with E-state index < -0.39 is 0 Å². The van der Waals surface area contributed by atoms with E-state index in [4.69, 9.17) is 21.2 Å². The van der Waals surface area contributed by atoms with Crippen molar-refractivity contribution in [2.45, 2.75) is 6.42 Å². The van der Waals surface area contributed by atoms with Gasteiger partial charge in [-0.2, -0.15) is 5.26 Å². The molecule has 0 heterocycles. The fourth-order valence-electron chi connectivity index (χ4n) is 1.15. The Balaban J connectivity index is 2.90. The van der Waals surface area contributed by atoms with Crippen LogP contribution in [0.5, 0.6) is 11.5 Å². The molecule has 0 aromatic heterocycles. The molecule has 0 N–H and O–H groups in total. The highest BCUT2D eigenvalue weighted by molar-refractivity contribution is 5.43. The fourth-order valence-corrected chi connectivity index (χ4v) is 1.15. The monoisotopic (exact) mass is 201 g/mol. The molecule has 0 atom stereocenters. The maximum absolute atomic E-state index is 8.55. The average Bonchev–Trinajstić information content (AvgIpc) is 2.27. The summed E-state index contributed by atoms with van der Waals surface area (Å²) in [4.78, 5) is 0. The van der Waals surface area contributed by atoms with Crippen molar-refractivity contribution in [2.24, 2.45) is 0 Å². The van der Waals surface area contributed by atoms with Crippen molar-refractivity contribution in [1.82, 2.24) is 0 Å². The van der Waals surface area contributed by atoms with E-state index in [-0.39, 0.29) is 6.61 Å². The minimum Gasteiger partial charge on any atom is -0.493 e. The normalized spacial score (nSPS) is 8.73. The van der Waals surface area contributed by atoms with Crippen LogP contribution in [-0.4, -0.2) is 13.7 Å². The van der Waals surface area contributed by atoms with E-state index in [0.717, 1.165) is 5.56 Å². The molecule has 76 valence electrons. The fraction of sp³-hybridized carbons (Fsp3) is 0.250. The molecule has 0 aliphatic carbocycles. The molecule has 0 unspecified atom stereocenters. The molecular weight excluding hydrogens is 190 g/mol. The average molecular weight is 201 g/mol. The van der Waals surface area contributed by atoms with Gasteiger partial charge in [0.2, 0.25) is 0 Å². The van der Waals surface area contributed by atoms with Gasteiger partial charge in [0.1, 0.15) is 6.61 Å². The zero-order valence-electron chi connectivity index (χ0n) is 8.49. The van der Waals surface area contributed by atoms with Crippen molar-refractivity contribution < 1.29 is 9.47 Å². The molecule has 3 nitrogen and oxygen atoms in total.